The Balaban J connectivity index is 2.20. The molecule has 0 spiro atoms. The Hall–Kier alpha value is -0.740. The second kappa shape index (κ2) is 4.50. The van der Waals surface area contributed by atoms with Gasteiger partial charge in [0.2, 0.25) is 0 Å². The van der Waals surface area contributed by atoms with Crippen molar-refractivity contribution in [2.24, 2.45) is 0 Å². The van der Waals surface area contributed by atoms with Crippen molar-refractivity contribution in [3.05, 3.63) is 24.3 Å². The highest BCUT2D eigenvalue weighted by Crippen LogP contribution is 2.34. The smallest absolute Gasteiger partial charge is 0.128 e. The number of fused-ring (bicyclic) bond motifs is 1. The van der Waals surface area contributed by atoms with E-state index in [1.54, 1.807) is 0 Å². The van der Waals surface area contributed by atoms with Crippen LogP contribution < -0.4 is 0 Å². The van der Waals surface area contributed by atoms with Gasteiger partial charge < -0.3 is 4.57 Å². The number of aromatic nitrogens is 3. The standard InChI is InChI=1S/C12H14ClN3S/c1-8(13)12-15-10-6-14-4-2-11(10)16(12)9-3-5-17-7-9/h2,4,6,8-9H,3,5,7H2,1H3. The Labute approximate surface area is 110 Å². The van der Waals surface area contributed by atoms with Crippen LogP contribution in [0.5, 0.6) is 0 Å². The van der Waals surface area contributed by atoms with Crippen molar-refractivity contribution in [3.63, 3.8) is 0 Å². The monoisotopic (exact) mass is 267 g/mol. The number of alkyl halides is 1. The van der Waals surface area contributed by atoms with Crippen LogP contribution in [0.3, 0.4) is 0 Å². The third kappa shape index (κ3) is 1.93. The molecule has 2 aromatic rings. The molecule has 1 aliphatic rings. The van der Waals surface area contributed by atoms with E-state index < -0.39 is 0 Å². The molecule has 0 aromatic carbocycles. The van der Waals surface area contributed by atoms with Gasteiger partial charge in [0.05, 0.1) is 17.1 Å². The minimum absolute atomic E-state index is 0.0620. The predicted molar refractivity (Wildman–Crippen MR) is 72.8 cm³/mol. The fourth-order valence-corrected chi connectivity index (χ4v) is 3.71. The first-order valence-electron chi connectivity index (χ1n) is 5.81. The summed E-state index contributed by atoms with van der Waals surface area (Å²) in [5.41, 5.74) is 2.11. The van der Waals surface area contributed by atoms with Gasteiger partial charge in [-0.25, -0.2) is 4.98 Å². The van der Waals surface area contributed by atoms with Crippen molar-refractivity contribution in [2.75, 3.05) is 11.5 Å². The van der Waals surface area contributed by atoms with Gasteiger partial charge in [-0.05, 0) is 25.2 Å². The maximum atomic E-state index is 6.25. The number of nitrogens with zero attached hydrogens (tertiary/aromatic N) is 3. The van der Waals surface area contributed by atoms with Gasteiger partial charge in [-0.2, -0.15) is 11.8 Å². The molecule has 2 unspecified atom stereocenters. The number of hydrogen-bond donors (Lipinski definition) is 0. The second-order valence-corrected chi connectivity index (χ2v) is 6.14. The zero-order chi connectivity index (χ0) is 11.8. The van der Waals surface area contributed by atoms with Crippen LogP contribution >= 0.6 is 23.4 Å². The average Bonchev–Trinajstić information content (AvgIpc) is 2.94. The lowest BCUT2D eigenvalue weighted by molar-refractivity contribution is 0.549. The lowest BCUT2D eigenvalue weighted by Crippen LogP contribution is -2.12. The molecule has 2 aromatic heterocycles. The summed E-state index contributed by atoms with van der Waals surface area (Å²) < 4.78 is 2.31. The molecule has 3 rings (SSSR count). The van der Waals surface area contributed by atoms with E-state index in [1.807, 2.05) is 37.1 Å². The van der Waals surface area contributed by atoms with Gasteiger partial charge in [-0.1, -0.05) is 0 Å². The number of imidazole rings is 1. The summed E-state index contributed by atoms with van der Waals surface area (Å²) >= 11 is 8.25. The predicted octanol–water partition coefficient (Wildman–Crippen LogP) is 3.41. The fraction of sp³-hybridized carbons (Fsp3) is 0.500. The highest BCUT2D eigenvalue weighted by molar-refractivity contribution is 7.99. The summed E-state index contributed by atoms with van der Waals surface area (Å²) in [7, 11) is 0. The zero-order valence-corrected chi connectivity index (χ0v) is 11.2. The first kappa shape index (κ1) is 11.4. The maximum absolute atomic E-state index is 6.25. The molecular formula is C12H14ClN3S. The second-order valence-electron chi connectivity index (χ2n) is 4.34. The van der Waals surface area contributed by atoms with Crippen molar-refractivity contribution in [2.45, 2.75) is 24.8 Å². The number of hydrogen-bond acceptors (Lipinski definition) is 3. The van der Waals surface area contributed by atoms with Gasteiger partial charge in [-0.15, -0.1) is 11.6 Å². The Morgan fingerprint density at radius 1 is 1.59 bits per heavy atom. The molecule has 90 valence electrons. The third-order valence-electron chi connectivity index (χ3n) is 3.15. The SMILES string of the molecule is CC(Cl)c1nc2cnccc2n1C1CCSC1. The first-order valence-corrected chi connectivity index (χ1v) is 7.40. The molecule has 0 amide bonds. The molecule has 1 saturated heterocycles. The van der Waals surface area contributed by atoms with Gasteiger partial charge in [0.15, 0.2) is 0 Å². The van der Waals surface area contributed by atoms with E-state index in [1.165, 1.54) is 12.2 Å². The van der Waals surface area contributed by atoms with Crippen molar-refractivity contribution in [1.82, 2.24) is 14.5 Å². The van der Waals surface area contributed by atoms with Crippen LogP contribution in [0.1, 0.15) is 30.6 Å². The molecule has 1 fully saturated rings. The molecule has 1 aliphatic heterocycles. The van der Waals surface area contributed by atoms with Gasteiger partial charge in [0.25, 0.3) is 0 Å². The molecule has 5 heteroatoms. The quantitative estimate of drug-likeness (QED) is 0.782. The molecule has 0 radical (unpaired) electrons. The van der Waals surface area contributed by atoms with Crippen LogP contribution in [0, 0.1) is 0 Å². The van der Waals surface area contributed by atoms with Crippen molar-refractivity contribution < 1.29 is 0 Å². The van der Waals surface area contributed by atoms with Crippen LogP contribution in [-0.4, -0.2) is 26.0 Å². The summed E-state index contributed by atoms with van der Waals surface area (Å²) in [6, 6.07) is 2.57. The summed E-state index contributed by atoms with van der Waals surface area (Å²) in [6.07, 6.45) is 4.84. The summed E-state index contributed by atoms with van der Waals surface area (Å²) in [4.78, 5) is 8.75. The van der Waals surface area contributed by atoms with Crippen molar-refractivity contribution in [1.29, 1.82) is 0 Å². The van der Waals surface area contributed by atoms with Crippen molar-refractivity contribution >= 4 is 34.4 Å². The zero-order valence-electron chi connectivity index (χ0n) is 9.64. The molecule has 2 atom stereocenters. The van der Waals surface area contributed by atoms with E-state index in [0.29, 0.717) is 6.04 Å². The molecular weight excluding hydrogens is 254 g/mol. The average molecular weight is 268 g/mol. The van der Waals surface area contributed by atoms with Crippen LogP contribution in [0.4, 0.5) is 0 Å². The van der Waals surface area contributed by atoms with E-state index in [2.05, 4.69) is 14.5 Å². The van der Waals surface area contributed by atoms with E-state index in [0.717, 1.165) is 22.6 Å². The maximum Gasteiger partial charge on any atom is 0.128 e. The molecule has 3 nitrogen and oxygen atoms in total. The first-order chi connectivity index (χ1) is 8.27. The lowest BCUT2D eigenvalue weighted by Gasteiger charge is -2.16. The molecule has 0 N–H and O–H groups in total. The number of thioether (sulfide) groups is 1. The van der Waals surface area contributed by atoms with E-state index in [-0.39, 0.29) is 5.38 Å². The van der Waals surface area contributed by atoms with Gasteiger partial charge in [-0.3, -0.25) is 4.98 Å². The topological polar surface area (TPSA) is 30.7 Å². The van der Waals surface area contributed by atoms with E-state index in [4.69, 9.17) is 11.6 Å². The van der Waals surface area contributed by atoms with E-state index in [9.17, 15) is 0 Å². The summed E-state index contributed by atoms with van der Waals surface area (Å²) in [6.45, 7) is 1.98. The molecule has 0 bridgehead atoms. The van der Waals surface area contributed by atoms with Crippen molar-refractivity contribution in [3.8, 4) is 0 Å². The van der Waals surface area contributed by atoms with Gasteiger partial charge >= 0.3 is 0 Å². The number of rotatable bonds is 2. The molecule has 0 saturated carbocycles. The Morgan fingerprint density at radius 2 is 2.47 bits per heavy atom. The van der Waals surface area contributed by atoms with Crippen LogP contribution in [0.2, 0.25) is 0 Å². The number of pyridine rings is 1. The Bertz CT molecular complexity index is 532. The highest BCUT2D eigenvalue weighted by Gasteiger charge is 2.24. The summed E-state index contributed by atoms with van der Waals surface area (Å²) in [5.74, 6) is 3.36. The Morgan fingerprint density at radius 3 is 3.18 bits per heavy atom. The molecule has 17 heavy (non-hydrogen) atoms. The fourth-order valence-electron chi connectivity index (χ4n) is 2.36. The minimum atomic E-state index is -0.0620. The highest BCUT2D eigenvalue weighted by atomic mass is 35.5. The normalized spacial score (nSPS) is 22.1. The third-order valence-corrected chi connectivity index (χ3v) is 4.49. The Kier molecular flexibility index (Phi) is 3.01. The lowest BCUT2D eigenvalue weighted by atomic mass is 10.2. The number of halogens is 1. The molecule has 0 aliphatic carbocycles. The molecule has 3 heterocycles. The largest absolute Gasteiger partial charge is 0.323 e. The van der Waals surface area contributed by atoms with Gasteiger partial charge in [0, 0.05) is 18.0 Å². The van der Waals surface area contributed by atoms with Gasteiger partial charge in [0.1, 0.15) is 11.3 Å². The summed E-state index contributed by atoms with van der Waals surface area (Å²) in [5, 5.41) is -0.0620. The van der Waals surface area contributed by atoms with E-state index >= 15 is 0 Å². The minimum Gasteiger partial charge on any atom is -0.323 e. The van der Waals surface area contributed by atoms with Crippen LogP contribution in [0.15, 0.2) is 18.5 Å². The van der Waals surface area contributed by atoms with Crippen LogP contribution in [0.25, 0.3) is 11.0 Å². The van der Waals surface area contributed by atoms with Crippen LogP contribution in [-0.2, 0) is 0 Å².